The van der Waals surface area contributed by atoms with Crippen LogP contribution in [0.5, 0.6) is 0 Å². The van der Waals surface area contributed by atoms with Gasteiger partial charge in [0.25, 0.3) is 0 Å². The summed E-state index contributed by atoms with van der Waals surface area (Å²) in [6, 6.07) is 7.19. The highest BCUT2D eigenvalue weighted by molar-refractivity contribution is 6.33. The van der Waals surface area contributed by atoms with Crippen molar-refractivity contribution >= 4 is 35.6 Å². The van der Waals surface area contributed by atoms with E-state index in [1.54, 1.807) is 12.1 Å². The zero-order valence-corrected chi connectivity index (χ0v) is 12.1. The molecule has 4 nitrogen and oxygen atoms in total. The molecule has 1 aromatic rings. The largest absolute Gasteiger partial charge is 0.381 e. The third-order valence-corrected chi connectivity index (χ3v) is 3.77. The standard InChI is InChI=1S/C13H17ClN2O2.ClH/c14-10-3-1-2-4-11(10)16-12(17)13(9-15)5-7-18-8-6-13;/h1-4H,5-9,15H2,(H,16,17);1H. The molecule has 0 bridgehead atoms. The first-order valence-corrected chi connectivity index (χ1v) is 6.39. The van der Waals surface area contributed by atoms with Gasteiger partial charge in [-0.3, -0.25) is 4.79 Å². The lowest BCUT2D eigenvalue weighted by atomic mass is 9.79. The first-order chi connectivity index (χ1) is 8.68. The van der Waals surface area contributed by atoms with Gasteiger partial charge in [0, 0.05) is 19.8 Å². The van der Waals surface area contributed by atoms with Gasteiger partial charge in [-0.05, 0) is 25.0 Å². The molecule has 1 aromatic carbocycles. The van der Waals surface area contributed by atoms with Crippen LogP contribution < -0.4 is 11.1 Å². The maximum absolute atomic E-state index is 12.4. The monoisotopic (exact) mass is 304 g/mol. The molecule has 19 heavy (non-hydrogen) atoms. The molecular formula is C13H18Cl2N2O2. The van der Waals surface area contributed by atoms with Crippen LogP contribution >= 0.6 is 24.0 Å². The maximum Gasteiger partial charge on any atom is 0.232 e. The van der Waals surface area contributed by atoms with Crippen molar-refractivity contribution in [2.45, 2.75) is 12.8 Å². The van der Waals surface area contributed by atoms with Gasteiger partial charge in [0.1, 0.15) is 0 Å². The van der Waals surface area contributed by atoms with Crippen LogP contribution in [0.15, 0.2) is 24.3 Å². The number of nitrogens with one attached hydrogen (secondary N) is 1. The Morgan fingerprint density at radius 1 is 1.37 bits per heavy atom. The molecule has 0 saturated carbocycles. The Bertz CT molecular complexity index is 434. The molecule has 0 unspecified atom stereocenters. The number of hydrogen-bond acceptors (Lipinski definition) is 3. The van der Waals surface area contributed by atoms with Crippen molar-refractivity contribution < 1.29 is 9.53 Å². The molecule has 0 aliphatic carbocycles. The highest BCUT2D eigenvalue weighted by Crippen LogP contribution is 2.32. The molecule has 1 fully saturated rings. The van der Waals surface area contributed by atoms with Gasteiger partial charge in [-0.15, -0.1) is 12.4 Å². The van der Waals surface area contributed by atoms with Gasteiger partial charge in [-0.25, -0.2) is 0 Å². The first kappa shape index (κ1) is 16.2. The molecule has 2 rings (SSSR count). The third-order valence-electron chi connectivity index (χ3n) is 3.44. The molecule has 1 aliphatic heterocycles. The van der Waals surface area contributed by atoms with Crippen LogP contribution in [0.2, 0.25) is 5.02 Å². The van der Waals surface area contributed by atoms with E-state index in [0.29, 0.717) is 43.3 Å². The van der Waals surface area contributed by atoms with Gasteiger partial charge < -0.3 is 15.8 Å². The summed E-state index contributed by atoms with van der Waals surface area (Å²) >= 11 is 6.03. The molecule has 6 heteroatoms. The predicted molar refractivity (Wildman–Crippen MR) is 78.9 cm³/mol. The van der Waals surface area contributed by atoms with E-state index in [4.69, 9.17) is 22.1 Å². The van der Waals surface area contributed by atoms with Crippen LogP contribution in [0.3, 0.4) is 0 Å². The fraction of sp³-hybridized carbons (Fsp3) is 0.462. The van der Waals surface area contributed by atoms with E-state index in [2.05, 4.69) is 5.32 Å². The predicted octanol–water partition coefficient (Wildman–Crippen LogP) is 2.46. The second kappa shape index (κ2) is 7.10. The van der Waals surface area contributed by atoms with Gasteiger partial charge in [-0.1, -0.05) is 23.7 Å². The molecule has 1 amide bonds. The van der Waals surface area contributed by atoms with E-state index >= 15 is 0 Å². The van der Waals surface area contributed by atoms with Crippen LogP contribution in [-0.2, 0) is 9.53 Å². The third kappa shape index (κ3) is 3.60. The Labute approximate surface area is 124 Å². The fourth-order valence-corrected chi connectivity index (χ4v) is 2.29. The number of halogens is 2. The number of anilines is 1. The Kier molecular flexibility index (Phi) is 6.07. The lowest BCUT2D eigenvalue weighted by Gasteiger charge is -2.34. The Morgan fingerprint density at radius 2 is 2.00 bits per heavy atom. The highest BCUT2D eigenvalue weighted by atomic mass is 35.5. The van der Waals surface area contributed by atoms with E-state index in [9.17, 15) is 4.79 Å². The van der Waals surface area contributed by atoms with Crippen molar-refractivity contribution in [3.8, 4) is 0 Å². The average Bonchev–Trinajstić information content (AvgIpc) is 2.42. The molecule has 3 N–H and O–H groups in total. The normalized spacial score (nSPS) is 17.4. The summed E-state index contributed by atoms with van der Waals surface area (Å²) in [4.78, 5) is 12.4. The smallest absolute Gasteiger partial charge is 0.232 e. The minimum absolute atomic E-state index is 0. The van der Waals surface area contributed by atoms with Crippen LogP contribution in [-0.4, -0.2) is 25.7 Å². The van der Waals surface area contributed by atoms with Crippen LogP contribution in [0.1, 0.15) is 12.8 Å². The van der Waals surface area contributed by atoms with Gasteiger partial charge in [0.05, 0.1) is 16.1 Å². The maximum atomic E-state index is 12.4. The number of benzene rings is 1. The number of hydrogen-bond donors (Lipinski definition) is 2. The van der Waals surface area contributed by atoms with E-state index in [1.807, 2.05) is 12.1 Å². The summed E-state index contributed by atoms with van der Waals surface area (Å²) in [7, 11) is 0. The highest BCUT2D eigenvalue weighted by Gasteiger charge is 2.38. The average molecular weight is 305 g/mol. The lowest BCUT2D eigenvalue weighted by Crippen LogP contribution is -2.46. The Balaban J connectivity index is 0.00000180. The topological polar surface area (TPSA) is 64.4 Å². The fourth-order valence-electron chi connectivity index (χ4n) is 2.10. The van der Waals surface area contributed by atoms with E-state index in [-0.39, 0.29) is 18.3 Å². The lowest BCUT2D eigenvalue weighted by molar-refractivity contribution is -0.130. The number of nitrogens with two attached hydrogens (primary N) is 1. The number of para-hydroxylation sites is 1. The Morgan fingerprint density at radius 3 is 2.58 bits per heavy atom. The number of amides is 1. The van der Waals surface area contributed by atoms with E-state index in [1.165, 1.54) is 0 Å². The number of ether oxygens (including phenoxy) is 1. The molecule has 0 spiro atoms. The van der Waals surface area contributed by atoms with Crippen LogP contribution in [0.4, 0.5) is 5.69 Å². The molecule has 1 saturated heterocycles. The van der Waals surface area contributed by atoms with Gasteiger partial charge >= 0.3 is 0 Å². The number of rotatable bonds is 3. The first-order valence-electron chi connectivity index (χ1n) is 6.02. The summed E-state index contributed by atoms with van der Waals surface area (Å²) in [6.07, 6.45) is 1.31. The van der Waals surface area contributed by atoms with E-state index < -0.39 is 5.41 Å². The van der Waals surface area contributed by atoms with Crippen LogP contribution in [0, 0.1) is 5.41 Å². The summed E-state index contributed by atoms with van der Waals surface area (Å²) < 4.78 is 5.29. The van der Waals surface area contributed by atoms with Crippen molar-refractivity contribution in [2.75, 3.05) is 25.1 Å². The van der Waals surface area contributed by atoms with Crippen LogP contribution in [0.25, 0.3) is 0 Å². The molecule has 106 valence electrons. The summed E-state index contributed by atoms with van der Waals surface area (Å²) in [6.45, 7) is 1.48. The summed E-state index contributed by atoms with van der Waals surface area (Å²) in [5, 5.41) is 3.40. The number of carbonyl (C=O) groups is 1. The molecule has 0 atom stereocenters. The van der Waals surface area contributed by atoms with Crippen molar-refractivity contribution in [3.05, 3.63) is 29.3 Å². The zero-order chi connectivity index (χ0) is 13.0. The van der Waals surface area contributed by atoms with Crippen molar-refractivity contribution in [1.82, 2.24) is 0 Å². The Hall–Kier alpha value is -0.810. The molecule has 1 aliphatic rings. The van der Waals surface area contributed by atoms with Crippen molar-refractivity contribution in [1.29, 1.82) is 0 Å². The van der Waals surface area contributed by atoms with Gasteiger partial charge in [-0.2, -0.15) is 0 Å². The summed E-state index contributed by atoms with van der Waals surface area (Å²) in [5.41, 5.74) is 5.88. The minimum atomic E-state index is -0.530. The van der Waals surface area contributed by atoms with Crippen molar-refractivity contribution in [2.24, 2.45) is 11.1 Å². The second-order valence-electron chi connectivity index (χ2n) is 4.53. The SMILES string of the molecule is Cl.NCC1(C(=O)Nc2ccccc2Cl)CCOCC1. The molecule has 0 aromatic heterocycles. The van der Waals surface area contributed by atoms with Gasteiger partial charge in [0.2, 0.25) is 5.91 Å². The second-order valence-corrected chi connectivity index (χ2v) is 4.94. The zero-order valence-electron chi connectivity index (χ0n) is 10.5. The quantitative estimate of drug-likeness (QED) is 0.901. The molecule has 0 radical (unpaired) electrons. The summed E-state index contributed by atoms with van der Waals surface area (Å²) in [5.74, 6) is -0.0681. The minimum Gasteiger partial charge on any atom is -0.381 e. The van der Waals surface area contributed by atoms with Crippen molar-refractivity contribution in [3.63, 3.8) is 0 Å². The molecular weight excluding hydrogens is 287 g/mol. The molecule has 1 heterocycles. The van der Waals surface area contributed by atoms with E-state index in [0.717, 1.165) is 0 Å². The number of carbonyl (C=O) groups excluding carboxylic acids is 1. The van der Waals surface area contributed by atoms with Gasteiger partial charge in [0.15, 0.2) is 0 Å².